The standard InChI is InChI=1S/C66H49NSi/c1-7-23-50(24-8-1)52-39-43-55(44-40-52)67(56-45-41-53(42-46-56)51-25-9-2-10-26-51)57-47-48-65(64-38-22-21-37-63(64)62-36-20-19-35-61(62)54-27-11-3-12-28-54)66(49-57)68(58-29-13-4-14-30-58,59-31-15-5-16-32-59)60-33-17-6-18-34-60/h1-49H. The molecule has 1 nitrogen and oxygen atoms in total. The topological polar surface area (TPSA) is 3.24 Å². The van der Waals surface area contributed by atoms with E-state index in [1.165, 1.54) is 76.4 Å². The van der Waals surface area contributed by atoms with Gasteiger partial charge in [0, 0.05) is 17.1 Å². The second-order valence-electron chi connectivity index (χ2n) is 17.2. The Hall–Kier alpha value is -8.56. The molecule has 0 aliphatic carbocycles. The first kappa shape index (κ1) is 42.1. The van der Waals surface area contributed by atoms with Gasteiger partial charge in [-0.25, -0.2) is 0 Å². The number of hydrogen-bond acceptors (Lipinski definition) is 1. The van der Waals surface area contributed by atoms with Crippen LogP contribution in [0.5, 0.6) is 0 Å². The minimum absolute atomic E-state index is 1.08. The fourth-order valence-corrected chi connectivity index (χ4v) is 15.1. The third-order valence-electron chi connectivity index (χ3n) is 13.3. The summed E-state index contributed by atoms with van der Waals surface area (Å²) in [6.07, 6.45) is 0. The van der Waals surface area contributed by atoms with Crippen LogP contribution in [0.3, 0.4) is 0 Å². The van der Waals surface area contributed by atoms with Crippen molar-refractivity contribution in [3.05, 3.63) is 297 Å². The molecule has 0 fully saturated rings. The van der Waals surface area contributed by atoms with Crippen LogP contribution in [-0.4, -0.2) is 8.07 Å². The third-order valence-corrected chi connectivity index (χ3v) is 18.1. The summed E-state index contributed by atoms with van der Waals surface area (Å²) >= 11 is 0. The Morgan fingerprint density at radius 3 is 0.912 bits per heavy atom. The molecule has 0 heterocycles. The number of benzene rings is 11. The van der Waals surface area contributed by atoms with Crippen LogP contribution in [0.25, 0.3) is 55.6 Å². The summed E-state index contributed by atoms with van der Waals surface area (Å²) in [5.41, 5.74) is 15.2. The molecule has 0 saturated carbocycles. The van der Waals surface area contributed by atoms with Crippen molar-refractivity contribution in [2.45, 2.75) is 0 Å². The Balaban J connectivity index is 1.21. The highest BCUT2D eigenvalue weighted by Crippen LogP contribution is 2.41. The minimum atomic E-state index is -3.14. The van der Waals surface area contributed by atoms with Gasteiger partial charge >= 0.3 is 0 Å². The Kier molecular flexibility index (Phi) is 11.8. The van der Waals surface area contributed by atoms with Crippen LogP contribution in [0.4, 0.5) is 17.1 Å². The average molecular weight is 884 g/mol. The highest BCUT2D eigenvalue weighted by atomic mass is 28.3. The zero-order chi connectivity index (χ0) is 45.5. The first-order chi connectivity index (χ1) is 33.8. The van der Waals surface area contributed by atoms with Crippen LogP contribution in [0.1, 0.15) is 0 Å². The maximum atomic E-state index is 2.53. The van der Waals surface area contributed by atoms with Gasteiger partial charge in [-0.3, -0.25) is 0 Å². The van der Waals surface area contributed by atoms with Crippen LogP contribution >= 0.6 is 0 Å². The Morgan fingerprint density at radius 1 is 0.206 bits per heavy atom. The summed E-state index contributed by atoms with van der Waals surface area (Å²) < 4.78 is 0. The fraction of sp³-hybridized carbons (Fsp3) is 0. The molecular formula is C66H49NSi. The van der Waals surface area contributed by atoms with Gasteiger partial charge in [-0.15, -0.1) is 0 Å². The zero-order valence-corrected chi connectivity index (χ0v) is 38.7. The summed E-state index contributed by atoms with van der Waals surface area (Å²) in [7, 11) is -3.14. The Bertz CT molecular complexity index is 3210. The van der Waals surface area contributed by atoms with Crippen LogP contribution in [0.2, 0.25) is 0 Å². The van der Waals surface area contributed by atoms with Gasteiger partial charge in [0.05, 0.1) is 0 Å². The van der Waals surface area contributed by atoms with Crippen LogP contribution in [0.15, 0.2) is 297 Å². The van der Waals surface area contributed by atoms with Gasteiger partial charge in [0.15, 0.2) is 8.07 Å². The number of anilines is 3. The lowest BCUT2D eigenvalue weighted by Gasteiger charge is -2.37. The van der Waals surface area contributed by atoms with Crippen molar-refractivity contribution in [3.63, 3.8) is 0 Å². The average Bonchev–Trinajstić information content (AvgIpc) is 3.43. The first-order valence-corrected chi connectivity index (χ1v) is 25.4. The van der Waals surface area contributed by atoms with Crippen LogP contribution in [-0.2, 0) is 0 Å². The molecule has 0 bridgehead atoms. The molecule has 0 radical (unpaired) electrons. The molecule has 0 atom stereocenters. The molecule has 0 spiro atoms. The molecule has 0 N–H and O–H groups in total. The van der Waals surface area contributed by atoms with E-state index in [4.69, 9.17) is 0 Å². The van der Waals surface area contributed by atoms with Crippen molar-refractivity contribution in [2.75, 3.05) is 4.90 Å². The summed E-state index contributed by atoms with van der Waals surface area (Å²) in [5, 5.41) is 5.28. The lowest BCUT2D eigenvalue weighted by Crippen LogP contribution is -2.75. The molecule has 2 heteroatoms. The first-order valence-electron chi connectivity index (χ1n) is 23.4. The number of nitrogens with zero attached hydrogens (tertiary/aromatic N) is 1. The SMILES string of the molecule is c1ccc(-c2ccc(N(c3ccc(-c4ccccc4)cc3)c3ccc(-c4ccccc4-c4ccccc4-c4ccccc4)c([Si](c4ccccc4)(c4ccccc4)c4ccccc4)c3)cc2)cc1. The molecular weight excluding hydrogens is 835 g/mol. The van der Waals surface area contributed by atoms with Crippen molar-refractivity contribution in [3.8, 4) is 55.6 Å². The molecule has 68 heavy (non-hydrogen) atoms. The molecule has 0 aliphatic heterocycles. The van der Waals surface area contributed by atoms with Crippen molar-refractivity contribution < 1.29 is 0 Å². The summed E-state index contributed by atoms with van der Waals surface area (Å²) in [5.74, 6) is 0. The minimum Gasteiger partial charge on any atom is -0.311 e. The smallest absolute Gasteiger partial charge is 0.180 e. The van der Waals surface area contributed by atoms with Crippen LogP contribution < -0.4 is 25.6 Å². The zero-order valence-electron chi connectivity index (χ0n) is 37.7. The normalized spacial score (nSPS) is 11.2. The monoisotopic (exact) mass is 883 g/mol. The Morgan fingerprint density at radius 2 is 0.500 bits per heavy atom. The molecule has 11 aromatic rings. The van der Waals surface area contributed by atoms with E-state index in [-0.39, 0.29) is 0 Å². The maximum Gasteiger partial charge on any atom is 0.180 e. The number of rotatable bonds is 12. The second-order valence-corrected chi connectivity index (χ2v) is 21.0. The summed E-state index contributed by atoms with van der Waals surface area (Å²) in [6, 6.07) is 109. The summed E-state index contributed by atoms with van der Waals surface area (Å²) in [6.45, 7) is 0. The maximum absolute atomic E-state index is 3.14. The molecule has 0 aliphatic rings. The van der Waals surface area contributed by atoms with Crippen molar-refractivity contribution in [1.82, 2.24) is 0 Å². The molecule has 0 saturated heterocycles. The molecule has 0 aromatic heterocycles. The van der Waals surface area contributed by atoms with E-state index in [1.54, 1.807) is 0 Å². The molecule has 322 valence electrons. The predicted molar refractivity (Wildman–Crippen MR) is 292 cm³/mol. The lowest BCUT2D eigenvalue weighted by molar-refractivity contribution is 1.29. The highest BCUT2D eigenvalue weighted by Gasteiger charge is 2.43. The van der Waals surface area contributed by atoms with Crippen molar-refractivity contribution in [2.24, 2.45) is 0 Å². The molecule has 11 rings (SSSR count). The van der Waals surface area contributed by atoms with E-state index in [0.717, 1.165) is 17.1 Å². The quantitative estimate of drug-likeness (QED) is 0.0873. The molecule has 11 aromatic carbocycles. The van der Waals surface area contributed by atoms with Crippen molar-refractivity contribution in [1.29, 1.82) is 0 Å². The van der Waals surface area contributed by atoms with Gasteiger partial charge < -0.3 is 4.90 Å². The fourth-order valence-electron chi connectivity index (χ4n) is 10.1. The molecule has 0 amide bonds. The Labute approximate surface area is 401 Å². The third kappa shape index (κ3) is 8.08. The van der Waals surface area contributed by atoms with E-state index in [1.807, 2.05) is 0 Å². The van der Waals surface area contributed by atoms with E-state index >= 15 is 0 Å². The predicted octanol–water partition coefficient (Wildman–Crippen LogP) is 14.9. The van der Waals surface area contributed by atoms with Gasteiger partial charge in [-0.05, 0) is 113 Å². The van der Waals surface area contributed by atoms with E-state index in [0.29, 0.717) is 0 Å². The largest absolute Gasteiger partial charge is 0.311 e. The van der Waals surface area contributed by atoms with E-state index < -0.39 is 8.07 Å². The van der Waals surface area contributed by atoms with Gasteiger partial charge in [0.2, 0.25) is 0 Å². The van der Waals surface area contributed by atoms with Gasteiger partial charge in [0.25, 0.3) is 0 Å². The lowest BCUT2D eigenvalue weighted by atomic mass is 9.89. The van der Waals surface area contributed by atoms with Crippen molar-refractivity contribution >= 4 is 45.9 Å². The highest BCUT2D eigenvalue weighted by molar-refractivity contribution is 7.20. The number of hydrogen-bond donors (Lipinski definition) is 0. The van der Waals surface area contributed by atoms with Crippen LogP contribution in [0, 0.1) is 0 Å². The van der Waals surface area contributed by atoms with Gasteiger partial charge in [0.1, 0.15) is 0 Å². The van der Waals surface area contributed by atoms with Gasteiger partial charge in [-0.2, -0.15) is 0 Å². The van der Waals surface area contributed by atoms with E-state index in [9.17, 15) is 0 Å². The molecule has 0 unspecified atom stereocenters. The second kappa shape index (κ2) is 19.1. The van der Waals surface area contributed by atoms with E-state index in [2.05, 4.69) is 302 Å². The van der Waals surface area contributed by atoms with Gasteiger partial charge in [-0.1, -0.05) is 261 Å². The summed E-state index contributed by atoms with van der Waals surface area (Å²) in [4.78, 5) is 2.44.